The lowest BCUT2D eigenvalue weighted by Crippen LogP contribution is -2.01. The number of nitrogen functional groups attached to an aromatic ring is 1. The van der Waals surface area contributed by atoms with Crippen LogP contribution < -0.4 is 5.73 Å². The zero-order chi connectivity index (χ0) is 12.5. The van der Waals surface area contributed by atoms with Crippen molar-refractivity contribution >= 4 is 5.82 Å². The number of furan rings is 1. The van der Waals surface area contributed by atoms with E-state index in [1.54, 1.807) is 23.3 Å². The van der Waals surface area contributed by atoms with Gasteiger partial charge in [-0.1, -0.05) is 0 Å². The average molecular weight is 240 g/mol. The maximum atomic E-state index is 5.98. The normalized spacial score (nSPS) is 10.7. The molecule has 2 N–H and O–H groups in total. The summed E-state index contributed by atoms with van der Waals surface area (Å²) in [6, 6.07) is 7.43. The van der Waals surface area contributed by atoms with Crippen molar-refractivity contribution in [3.05, 3.63) is 48.7 Å². The Morgan fingerprint density at radius 3 is 2.67 bits per heavy atom. The number of hydrogen-bond acceptors (Lipinski definition) is 4. The first kappa shape index (κ1) is 10.6. The Hall–Kier alpha value is -2.56. The number of aryl methyl sites for hydroxylation is 1. The van der Waals surface area contributed by atoms with Crippen LogP contribution in [-0.4, -0.2) is 14.8 Å². The second kappa shape index (κ2) is 4.03. The molecule has 0 unspecified atom stereocenters. The van der Waals surface area contributed by atoms with Crippen LogP contribution in [-0.2, 0) is 0 Å². The zero-order valence-electron chi connectivity index (χ0n) is 9.87. The minimum absolute atomic E-state index is 0.580. The van der Waals surface area contributed by atoms with Gasteiger partial charge in [-0.05, 0) is 25.1 Å². The number of rotatable bonds is 2. The number of pyridine rings is 1. The molecule has 3 aromatic heterocycles. The van der Waals surface area contributed by atoms with Crippen LogP contribution in [0.3, 0.4) is 0 Å². The first-order valence-electron chi connectivity index (χ1n) is 5.56. The fourth-order valence-corrected chi connectivity index (χ4v) is 1.87. The average Bonchev–Trinajstić information content (AvgIpc) is 2.96. The molecule has 0 aliphatic carbocycles. The number of nitrogens with two attached hydrogens (primary N) is 1. The molecule has 0 aromatic carbocycles. The Labute approximate surface area is 104 Å². The van der Waals surface area contributed by atoms with Crippen molar-refractivity contribution in [2.24, 2.45) is 0 Å². The third kappa shape index (κ3) is 1.66. The Balaban J connectivity index is 2.10. The molecule has 5 heteroatoms. The van der Waals surface area contributed by atoms with Crippen LogP contribution in [0.15, 0.2) is 47.3 Å². The van der Waals surface area contributed by atoms with E-state index in [1.807, 2.05) is 31.2 Å². The van der Waals surface area contributed by atoms with Gasteiger partial charge in [-0.25, -0.2) is 4.68 Å². The highest BCUT2D eigenvalue weighted by Gasteiger charge is 2.11. The summed E-state index contributed by atoms with van der Waals surface area (Å²) in [6.07, 6.45) is 5.06. The summed E-state index contributed by atoms with van der Waals surface area (Å²) in [4.78, 5) is 3.97. The first-order valence-corrected chi connectivity index (χ1v) is 5.56. The van der Waals surface area contributed by atoms with Crippen LogP contribution in [0.25, 0.3) is 16.9 Å². The van der Waals surface area contributed by atoms with E-state index in [1.165, 1.54) is 0 Å². The van der Waals surface area contributed by atoms with Crippen LogP contribution >= 0.6 is 0 Å². The molecular formula is C13H12N4O. The highest BCUT2D eigenvalue weighted by atomic mass is 16.3. The molecule has 5 nitrogen and oxygen atoms in total. The number of anilines is 1. The van der Waals surface area contributed by atoms with Crippen LogP contribution in [0, 0.1) is 6.92 Å². The van der Waals surface area contributed by atoms with Gasteiger partial charge in [0.05, 0.1) is 17.6 Å². The molecule has 90 valence electrons. The van der Waals surface area contributed by atoms with E-state index in [9.17, 15) is 0 Å². The van der Waals surface area contributed by atoms with Crippen molar-refractivity contribution in [1.29, 1.82) is 0 Å². The summed E-state index contributed by atoms with van der Waals surface area (Å²) in [5.41, 5.74) is 8.62. The molecule has 3 aromatic rings. The molecule has 0 fully saturated rings. The highest BCUT2D eigenvalue weighted by molar-refractivity contribution is 5.65. The van der Waals surface area contributed by atoms with Gasteiger partial charge in [0.2, 0.25) is 0 Å². The molecule has 3 rings (SSSR count). The summed E-state index contributed by atoms with van der Waals surface area (Å²) < 4.78 is 6.96. The molecule has 0 amide bonds. The zero-order valence-corrected chi connectivity index (χ0v) is 9.87. The van der Waals surface area contributed by atoms with Crippen molar-refractivity contribution in [2.75, 3.05) is 5.73 Å². The van der Waals surface area contributed by atoms with E-state index in [0.717, 1.165) is 22.7 Å². The molecule has 0 bridgehead atoms. The second-order valence-corrected chi connectivity index (χ2v) is 3.96. The monoisotopic (exact) mass is 240 g/mol. The topological polar surface area (TPSA) is 69.9 Å². The van der Waals surface area contributed by atoms with Gasteiger partial charge >= 0.3 is 0 Å². The number of aromatic nitrogens is 3. The molecule has 0 saturated heterocycles. The first-order chi connectivity index (χ1) is 8.75. The standard InChI is InChI=1S/C13H12N4O/c1-9-11(4-7-18-9)12-8-13(14)17(16-12)10-2-5-15-6-3-10/h2-8H,14H2,1H3. The van der Waals surface area contributed by atoms with Gasteiger partial charge in [0, 0.05) is 24.0 Å². The van der Waals surface area contributed by atoms with Gasteiger partial charge in [-0.3, -0.25) is 4.98 Å². The Bertz CT molecular complexity index is 669. The van der Waals surface area contributed by atoms with E-state index in [0.29, 0.717) is 5.82 Å². The van der Waals surface area contributed by atoms with Gasteiger partial charge < -0.3 is 10.2 Å². The van der Waals surface area contributed by atoms with Crippen LogP contribution in [0.4, 0.5) is 5.82 Å². The minimum Gasteiger partial charge on any atom is -0.469 e. The van der Waals surface area contributed by atoms with E-state index < -0.39 is 0 Å². The Morgan fingerprint density at radius 1 is 1.22 bits per heavy atom. The molecule has 0 radical (unpaired) electrons. The minimum atomic E-state index is 0.580. The molecule has 0 atom stereocenters. The second-order valence-electron chi connectivity index (χ2n) is 3.96. The summed E-state index contributed by atoms with van der Waals surface area (Å²) in [7, 11) is 0. The van der Waals surface area contributed by atoms with Gasteiger partial charge in [0.1, 0.15) is 11.6 Å². The van der Waals surface area contributed by atoms with Crippen LogP contribution in [0.5, 0.6) is 0 Å². The fourth-order valence-electron chi connectivity index (χ4n) is 1.87. The maximum absolute atomic E-state index is 5.98. The quantitative estimate of drug-likeness (QED) is 0.746. The van der Waals surface area contributed by atoms with Gasteiger partial charge in [-0.15, -0.1) is 0 Å². The highest BCUT2D eigenvalue weighted by Crippen LogP contribution is 2.26. The fraction of sp³-hybridized carbons (Fsp3) is 0.0769. The molecule has 0 spiro atoms. The molecule has 0 aliphatic heterocycles. The SMILES string of the molecule is Cc1occc1-c1cc(N)n(-c2ccncc2)n1. The van der Waals surface area contributed by atoms with Crippen molar-refractivity contribution in [1.82, 2.24) is 14.8 Å². The van der Waals surface area contributed by atoms with E-state index in [-0.39, 0.29) is 0 Å². The summed E-state index contributed by atoms with van der Waals surface area (Å²) >= 11 is 0. The lowest BCUT2D eigenvalue weighted by molar-refractivity contribution is 0.535. The lowest BCUT2D eigenvalue weighted by Gasteiger charge is -2.01. The smallest absolute Gasteiger partial charge is 0.127 e. The van der Waals surface area contributed by atoms with Gasteiger partial charge in [0.15, 0.2) is 0 Å². The van der Waals surface area contributed by atoms with E-state index >= 15 is 0 Å². The maximum Gasteiger partial charge on any atom is 0.127 e. The molecule has 3 heterocycles. The van der Waals surface area contributed by atoms with Crippen LogP contribution in [0.1, 0.15) is 5.76 Å². The van der Waals surface area contributed by atoms with Gasteiger partial charge in [0.25, 0.3) is 0 Å². The third-order valence-corrected chi connectivity index (χ3v) is 2.78. The molecular weight excluding hydrogens is 228 g/mol. The predicted molar refractivity (Wildman–Crippen MR) is 68.2 cm³/mol. The van der Waals surface area contributed by atoms with Crippen molar-refractivity contribution in [3.63, 3.8) is 0 Å². The Morgan fingerprint density at radius 2 is 2.00 bits per heavy atom. The summed E-state index contributed by atoms with van der Waals surface area (Å²) in [5.74, 6) is 1.41. The van der Waals surface area contributed by atoms with Crippen molar-refractivity contribution in [2.45, 2.75) is 6.92 Å². The summed E-state index contributed by atoms with van der Waals surface area (Å²) in [5, 5.41) is 4.49. The van der Waals surface area contributed by atoms with Crippen molar-refractivity contribution in [3.8, 4) is 16.9 Å². The molecule has 0 saturated carbocycles. The largest absolute Gasteiger partial charge is 0.469 e. The molecule has 0 aliphatic rings. The summed E-state index contributed by atoms with van der Waals surface area (Å²) in [6.45, 7) is 1.90. The van der Waals surface area contributed by atoms with Crippen LogP contribution in [0.2, 0.25) is 0 Å². The van der Waals surface area contributed by atoms with Gasteiger partial charge in [-0.2, -0.15) is 5.10 Å². The number of hydrogen-bond donors (Lipinski definition) is 1. The molecule has 18 heavy (non-hydrogen) atoms. The van der Waals surface area contributed by atoms with Crippen molar-refractivity contribution < 1.29 is 4.42 Å². The third-order valence-electron chi connectivity index (χ3n) is 2.78. The number of nitrogens with zero attached hydrogens (tertiary/aromatic N) is 3. The van der Waals surface area contributed by atoms with E-state index in [2.05, 4.69) is 10.1 Å². The predicted octanol–water partition coefficient (Wildman–Crippen LogP) is 2.42. The van der Waals surface area contributed by atoms with E-state index in [4.69, 9.17) is 10.2 Å². The Kier molecular flexibility index (Phi) is 2.37. The lowest BCUT2D eigenvalue weighted by atomic mass is 10.2.